The summed E-state index contributed by atoms with van der Waals surface area (Å²) >= 11 is 0. The Morgan fingerprint density at radius 1 is 1.24 bits per heavy atom. The van der Waals surface area contributed by atoms with Gasteiger partial charge in [-0.25, -0.2) is 4.68 Å². The monoisotopic (exact) mass is 289 g/mol. The van der Waals surface area contributed by atoms with E-state index in [9.17, 15) is 0 Å². The maximum atomic E-state index is 5.65. The van der Waals surface area contributed by atoms with E-state index in [1.165, 1.54) is 0 Å². The normalized spacial score (nSPS) is 10.6. The van der Waals surface area contributed by atoms with Crippen molar-refractivity contribution in [2.75, 3.05) is 20.3 Å². The van der Waals surface area contributed by atoms with Gasteiger partial charge in [-0.05, 0) is 32.0 Å². The highest BCUT2D eigenvalue weighted by atomic mass is 16.5. The van der Waals surface area contributed by atoms with E-state index in [4.69, 9.17) is 9.47 Å². The lowest BCUT2D eigenvalue weighted by atomic mass is 10.2. The van der Waals surface area contributed by atoms with E-state index in [2.05, 4.69) is 10.4 Å². The molecule has 1 heterocycles. The molecule has 2 aromatic rings. The van der Waals surface area contributed by atoms with E-state index < -0.39 is 0 Å². The third kappa shape index (κ3) is 4.23. The Labute approximate surface area is 125 Å². The van der Waals surface area contributed by atoms with Crippen LogP contribution in [0.15, 0.2) is 30.3 Å². The number of nitrogens with one attached hydrogen (secondary N) is 1. The molecule has 0 fully saturated rings. The molecular formula is C16H23N3O2. The van der Waals surface area contributed by atoms with Crippen LogP contribution < -0.4 is 14.8 Å². The van der Waals surface area contributed by atoms with Gasteiger partial charge in [0.15, 0.2) is 0 Å². The van der Waals surface area contributed by atoms with Gasteiger partial charge in [0.05, 0.1) is 25.0 Å². The van der Waals surface area contributed by atoms with Crippen molar-refractivity contribution in [3.63, 3.8) is 0 Å². The molecule has 21 heavy (non-hydrogen) atoms. The number of aryl methyl sites for hydroxylation is 2. The second kappa shape index (κ2) is 7.69. The van der Waals surface area contributed by atoms with Crippen molar-refractivity contribution >= 4 is 0 Å². The lowest BCUT2D eigenvalue weighted by Crippen LogP contribution is -2.17. The fraction of sp³-hybridized carbons (Fsp3) is 0.438. The molecule has 0 saturated heterocycles. The van der Waals surface area contributed by atoms with Crippen molar-refractivity contribution in [2.24, 2.45) is 7.05 Å². The lowest BCUT2D eigenvalue weighted by molar-refractivity contribution is 0.307. The van der Waals surface area contributed by atoms with Gasteiger partial charge in [-0.2, -0.15) is 5.10 Å². The minimum Gasteiger partial charge on any atom is -0.494 e. The first kappa shape index (κ1) is 15.4. The van der Waals surface area contributed by atoms with E-state index in [0.717, 1.165) is 42.4 Å². The van der Waals surface area contributed by atoms with Crippen LogP contribution in [0.5, 0.6) is 11.6 Å². The molecule has 0 aliphatic carbocycles. The summed E-state index contributed by atoms with van der Waals surface area (Å²) in [7, 11) is 3.57. The van der Waals surface area contributed by atoms with Crippen molar-refractivity contribution in [1.29, 1.82) is 0 Å². The second-order valence-corrected chi connectivity index (χ2v) is 4.89. The number of methoxy groups -OCH3 is 1. The number of ether oxygens (including phenoxy) is 2. The molecule has 114 valence electrons. The van der Waals surface area contributed by atoms with Gasteiger partial charge in [-0.3, -0.25) is 0 Å². The Morgan fingerprint density at radius 3 is 2.71 bits per heavy atom. The van der Waals surface area contributed by atoms with E-state index in [1.807, 2.05) is 44.3 Å². The van der Waals surface area contributed by atoms with Crippen LogP contribution in [0.3, 0.4) is 0 Å². The molecule has 1 aromatic heterocycles. The van der Waals surface area contributed by atoms with Crippen molar-refractivity contribution in [3.8, 4) is 11.6 Å². The number of hydrogen-bond donors (Lipinski definition) is 1. The number of benzene rings is 1. The van der Waals surface area contributed by atoms with Crippen molar-refractivity contribution < 1.29 is 9.47 Å². The van der Waals surface area contributed by atoms with Gasteiger partial charge in [0.1, 0.15) is 5.75 Å². The van der Waals surface area contributed by atoms with Gasteiger partial charge in [-0.1, -0.05) is 18.2 Å². The highest BCUT2D eigenvalue weighted by Crippen LogP contribution is 2.20. The minimum absolute atomic E-state index is 0.709. The summed E-state index contributed by atoms with van der Waals surface area (Å²) < 4.78 is 12.8. The number of nitrogens with zero attached hydrogens (tertiary/aromatic N) is 2. The zero-order valence-corrected chi connectivity index (χ0v) is 12.9. The fourth-order valence-corrected chi connectivity index (χ4v) is 2.26. The number of hydrogen-bond acceptors (Lipinski definition) is 4. The Balaban J connectivity index is 1.68. The molecule has 0 atom stereocenters. The number of rotatable bonds is 8. The molecule has 5 nitrogen and oxygen atoms in total. The van der Waals surface area contributed by atoms with Gasteiger partial charge in [0.25, 0.3) is 0 Å². The second-order valence-electron chi connectivity index (χ2n) is 4.89. The molecule has 5 heteroatoms. The van der Waals surface area contributed by atoms with Crippen LogP contribution in [-0.4, -0.2) is 30.0 Å². The first-order valence-electron chi connectivity index (χ1n) is 7.17. The minimum atomic E-state index is 0.709. The first-order chi connectivity index (χ1) is 10.2. The van der Waals surface area contributed by atoms with Crippen molar-refractivity contribution in [2.45, 2.75) is 19.9 Å². The third-order valence-corrected chi connectivity index (χ3v) is 3.29. The molecule has 1 N–H and O–H groups in total. The van der Waals surface area contributed by atoms with Crippen LogP contribution in [0.1, 0.15) is 17.7 Å². The predicted octanol–water partition coefficient (Wildman–Crippen LogP) is 2.30. The third-order valence-electron chi connectivity index (χ3n) is 3.29. The summed E-state index contributed by atoms with van der Waals surface area (Å²) in [5.74, 6) is 1.74. The highest BCUT2D eigenvalue weighted by molar-refractivity contribution is 5.30. The van der Waals surface area contributed by atoms with Crippen LogP contribution in [0.4, 0.5) is 0 Å². The average molecular weight is 289 g/mol. The summed E-state index contributed by atoms with van der Waals surface area (Å²) in [5.41, 5.74) is 2.12. The molecule has 0 aliphatic heterocycles. The van der Waals surface area contributed by atoms with E-state index in [-0.39, 0.29) is 0 Å². The quantitative estimate of drug-likeness (QED) is 0.758. The SMILES string of the molecule is COc1c(CNCCCOc2ccccc2)c(C)nn1C. The largest absolute Gasteiger partial charge is 0.494 e. The van der Waals surface area contributed by atoms with E-state index >= 15 is 0 Å². The predicted molar refractivity (Wildman–Crippen MR) is 82.8 cm³/mol. The van der Waals surface area contributed by atoms with Gasteiger partial charge in [-0.15, -0.1) is 0 Å². The molecule has 0 spiro atoms. The Bertz CT molecular complexity index is 552. The van der Waals surface area contributed by atoms with Crippen molar-refractivity contribution in [1.82, 2.24) is 15.1 Å². The Kier molecular flexibility index (Phi) is 5.63. The Morgan fingerprint density at radius 2 is 2.00 bits per heavy atom. The fourth-order valence-electron chi connectivity index (χ4n) is 2.26. The van der Waals surface area contributed by atoms with E-state index in [1.54, 1.807) is 11.8 Å². The summed E-state index contributed by atoms with van der Waals surface area (Å²) in [6.07, 6.45) is 0.955. The number of para-hydroxylation sites is 1. The van der Waals surface area contributed by atoms with Crippen molar-refractivity contribution in [3.05, 3.63) is 41.6 Å². The maximum Gasteiger partial charge on any atom is 0.216 e. The van der Waals surface area contributed by atoms with Gasteiger partial charge >= 0.3 is 0 Å². The van der Waals surface area contributed by atoms with Crippen LogP contribution in [0.2, 0.25) is 0 Å². The van der Waals surface area contributed by atoms with E-state index in [0.29, 0.717) is 6.61 Å². The first-order valence-corrected chi connectivity index (χ1v) is 7.17. The smallest absolute Gasteiger partial charge is 0.216 e. The molecule has 0 saturated carbocycles. The van der Waals surface area contributed by atoms with Gasteiger partial charge < -0.3 is 14.8 Å². The zero-order valence-electron chi connectivity index (χ0n) is 12.9. The number of aromatic nitrogens is 2. The molecule has 0 aliphatic rings. The standard InChI is InChI=1S/C16H23N3O2/c1-13-15(16(20-3)19(2)18-13)12-17-10-7-11-21-14-8-5-4-6-9-14/h4-6,8-9,17H,7,10-12H2,1-3H3. The summed E-state index contributed by atoms with van der Waals surface area (Å²) in [4.78, 5) is 0. The van der Waals surface area contributed by atoms with Crippen LogP contribution in [0, 0.1) is 6.92 Å². The average Bonchev–Trinajstić information content (AvgIpc) is 2.77. The maximum absolute atomic E-state index is 5.65. The van der Waals surface area contributed by atoms with Crippen LogP contribution >= 0.6 is 0 Å². The van der Waals surface area contributed by atoms with Gasteiger partial charge in [0, 0.05) is 13.6 Å². The molecule has 0 unspecified atom stereocenters. The summed E-state index contributed by atoms with van der Waals surface area (Å²) in [5, 5.41) is 7.77. The highest BCUT2D eigenvalue weighted by Gasteiger charge is 2.12. The molecule has 0 amide bonds. The zero-order chi connectivity index (χ0) is 15.1. The molecular weight excluding hydrogens is 266 g/mol. The summed E-state index contributed by atoms with van der Waals surface area (Å²) in [6, 6.07) is 9.88. The summed E-state index contributed by atoms with van der Waals surface area (Å²) in [6.45, 7) is 4.36. The molecule has 1 aromatic carbocycles. The molecule has 2 rings (SSSR count). The van der Waals surface area contributed by atoms with Crippen LogP contribution in [-0.2, 0) is 13.6 Å². The topological polar surface area (TPSA) is 48.3 Å². The molecule has 0 bridgehead atoms. The Hall–Kier alpha value is -2.01. The van der Waals surface area contributed by atoms with Gasteiger partial charge in [0.2, 0.25) is 5.88 Å². The van der Waals surface area contributed by atoms with Crippen LogP contribution in [0.25, 0.3) is 0 Å². The lowest BCUT2D eigenvalue weighted by Gasteiger charge is -2.08. The molecule has 0 radical (unpaired) electrons.